The zero-order chi connectivity index (χ0) is 24.8. The molecule has 2 N–H and O–H groups in total. The molecule has 192 valence electrons. The van der Waals surface area contributed by atoms with E-state index >= 15 is 0 Å². The number of carbonyl (C=O) groups is 1. The van der Waals surface area contributed by atoms with E-state index in [9.17, 15) is 54.5 Å². The van der Waals surface area contributed by atoms with Crippen molar-refractivity contribution in [2.24, 2.45) is 17.3 Å². The van der Waals surface area contributed by atoms with Gasteiger partial charge in [-0.15, -0.1) is 0 Å². The molecule has 4 nitrogen and oxygen atoms in total. The van der Waals surface area contributed by atoms with Crippen LogP contribution in [-0.4, -0.2) is 52.0 Å². The Kier molecular flexibility index (Phi) is 8.83. The minimum absolute atomic E-state index is 0. The van der Waals surface area contributed by atoms with Gasteiger partial charge in [0.2, 0.25) is 0 Å². The van der Waals surface area contributed by atoms with Gasteiger partial charge in [-0.25, -0.2) is 0 Å². The summed E-state index contributed by atoms with van der Waals surface area (Å²) in [4.78, 5) is 12.3. The van der Waals surface area contributed by atoms with Gasteiger partial charge >= 0.3 is 24.5 Å². The first-order valence-electron chi connectivity index (χ1n) is 9.38. The molecular weight excluding hydrogens is 463 g/mol. The summed E-state index contributed by atoms with van der Waals surface area (Å²) >= 11 is 0. The van der Waals surface area contributed by atoms with Gasteiger partial charge in [0.15, 0.2) is 5.60 Å². The first kappa shape index (κ1) is 30.8. The molecule has 1 aliphatic rings. The third kappa shape index (κ3) is 5.63. The maximum atomic E-state index is 13.3. The number of rotatable bonds is 5. The van der Waals surface area contributed by atoms with E-state index in [0.717, 1.165) is 0 Å². The van der Waals surface area contributed by atoms with Crippen LogP contribution < -0.4 is 0 Å². The maximum Gasteiger partial charge on any atom is 0.426 e. The Morgan fingerprint density at radius 1 is 0.812 bits per heavy atom. The average molecular weight is 492 g/mol. The highest BCUT2D eigenvalue weighted by Gasteiger charge is 2.75. The van der Waals surface area contributed by atoms with Gasteiger partial charge in [0.05, 0.1) is 5.41 Å². The average Bonchev–Trinajstić information content (AvgIpc) is 2.57. The molecule has 0 radical (unpaired) electrons. The van der Waals surface area contributed by atoms with Gasteiger partial charge in [0, 0.05) is 11.8 Å². The van der Waals surface area contributed by atoms with E-state index in [-0.39, 0.29) is 20.8 Å². The van der Waals surface area contributed by atoms with Crippen LogP contribution in [0.15, 0.2) is 0 Å². The molecule has 0 amide bonds. The molecule has 0 aromatic rings. The van der Waals surface area contributed by atoms with Gasteiger partial charge in [-0.2, -0.15) is 39.5 Å². The maximum absolute atomic E-state index is 13.3. The summed E-state index contributed by atoms with van der Waals surface area (Å²) in [6.45, 7) is 4.52. The van der Waals surface area contributed by atoms with Crippen LogP contribution in [0, 0.1) is 17.3 Å². The van der Waals surface area contributed by atoms with Gasteiger partial charge < -0.3 is 14.9 Å². The highest BCUT2D eigenvalue weighted by atomic mass is 19.4. The molecular formula is C19H29F9O4. The molecule has 13 heteroatoms. The predicted molar refractivity (Wildman–Crippen MR) is 95.3 cm³/mol. The summed E-state index contributed by atoms with van der Waals surface area (Å²) in [7, 11) is 0. The van der Waals surface area contributed by atoms with Crippen LogP contribution in [-0.2, 0) is 9.53 Å². The third-order valence-corrected chi connectivity index (χ3v) is 6.20. The Morgan fingerprint density at radius 2 is 1.22 bits per heavy atom. The monoisotopic (exact) mass is 492 g/mol. The normalized spacial score (nSPS) is 25.5. The lowest BCUT2D eigenvalue weighted by atomic mass is 9.66. The van der Waals surface area contributed by atoms with Crippen molar-refractivity contribution in [3.8, 4) is 0 Å². The fourth-order valence-electron chi connectivity index (χ4n) is 3.47. The van der Waals surface area contributed by atoms with Gasteiger partial charge in [0.1, 0.15) is 6.10 Å². The van der Waals surface area contributed by atoms with Crippen LogP contribution in [0.3, 0.4) is 0 Å². The number of ether oxygens (including phenoxy) is 1. The van der Waals surface area contributed by atoms with Crippen molar-refractivity contribution < 1.29 is 59.3 Å². The molecule has 0 heterocycles. The number of hydrogen-bond donors (Lipinski definition) is 2. The largest absolute Gasteiger partial charge is 0.462 e. The topological polar surface area (TPSA) is 66.8 Å². The van der Waals surface area contributed by atoms with Crippen LogP contribution in [0.5, 0.6) is 0 Å². The van der Waals surface area contributed by atoms with Crippen LogP contribution in [0.1, 0.15) is 60.8 Å². The van der Waals surface area contributed by atoms with Crippen LogP contribution in [0.2, 0.25) is 0 Å². The Hall–Kier alpha value is -1.24. The molecule has 32 heavy (non-hydrogen) atoms. The van der Waals surface area contributed by atoms with Crippen LogP contribution in [0.4, 0.5) is 39.5 Å². The highest BCUT2D eigenvalue weighted by Crippen LogP contribution is 2.55. The van der Waals surface area contributed by atoms with E-state index in [1.807, 2.05) is 0 Å². The molecule has 0 aromatic heterocycles. The quantitative estimate of drug-likeness (QED) is 0.390. The molecule has 0 spiro atoms. The molecule has 0 saturated heterocycles. The molecule has 0 bridgehead atoms. The van der Waals surface area contributed by atoms with E-state index < -0.39 is 78.3 Å². The number of hydrogen-bond acceptors (Lipinski definition) is 4. The second-order valence-corrected chi connectivity index (χ2v) is 8.77. The Morgan fingerprint density at radius 3 is 1.56 bits per heavy atom. The third-order valence-electron chi connectivity index (χ3n) is 6.20. The number of esters is 1. The lowest BCUT2D eigenvalue weighted by Gasteiger charge is -2.47. The number of aliphatic hydroxyl groups is 2. The van der Waals surface area contributed by atoms with E-state index in [0.29, 0.717) is 0 Å². The zero-order valence-electron chi connectivity index (χ0n) is 17.2. The molecule has 1 fully saturated rings. The van der Waals surface area contributed by atoms with Crippen molar-refractivity contribution in [1.29, 1.82) is 0 Å². The summed E-state index contributed by atoms with van der Waals surface area (Å²) in [5, 5.41) is 19.6. The SMILES string of the molecule is C.CCC(C)(C)C(=O)OC1CC(C(C)(O)C(F)(F)F)CC(C(O)(C(F)(F)F)C(F)(F)F)C1. The number of carbonyl (C=O) groups excluding carboxylic acids is 1. The molecule has 0 aliphatic heterocycles. The Balaban J connectivity index is 0.00000961. The Labute approximate surface area is 180 Å². The van der Waals surface area contributed by atoms with Crippen molar-refractivity contribution in [2.45, 2.75) is 96.6 Å². The van der Waals surface area contributed by atoms with E-state index in [4.69, 9.17) is 4.74 Å². The second kappa shape index (κ2) is 9.19. The van der Waals surface area contributed by atoms with Crippen molar-refractivity contribution in [3.63, 3.8) is 0 Å². The summed E-state index contributed by atoms with van der Waals surface area (Å²) in [5.74, 6) is -6.08. The van der Waals surface area contributed by atoms with E-state index in [1.54, 1.807) is 6.92 Å². The van der Waals surface area contributed by atoms with Gasteiger partial charge in [0.25, 0.3) is 5.60 Å². The zero-order valence-corrected chi connectivity index (χ0v) is 17.2. The van der Waals surface area contributed by atoms with Crippen molar-refractivity contribution in [2.75, 3.05) is 0 Å². The van der Waals surface area contributed by atoms with E-state index in [2.05, 4.69) is 0 Å². The highest BCUT2D eigenvalue weighted by molar-refractivity contribution is 5.76. The summed E-state index contributed by atoms with van der Waals surface area (Å²) in [5.41, 5.74) is -10.3. The first-order chi connectivity index (χ1) is 13.5. The minimum atomic E-state index is -6.28. The second-order valence-electron chi connectivity index (χ2n) is 8.77. The molecule has 0 aromatic carbocycles. The minimum Gasteiger partial charge on any atom is -0.462 e. The summed E-state index contributed by atoms with van der Waals surface area (Å²) < 4.78 is 125. The summed E-state index contributed by atoms with van der Waals surface area (Å²) in [6.07, 6.45) is -23.1. The molecule has 1 rings (SSSR count). The Bertz CT molecular complexity index is 637. The first-order valence-corrected chi connectivity index (χ1v) is 9.38. The van der Waals surface area contributed by atoms with Gasteiger partial charge in [-0.3, -0.25) is 4.79 Å². The predicted octanol–water partition coefficient (Wildman–Crippen LogP) is 5.56. The number of halogens is 9. The van der Waals surface area contributed by atoms with Crippen molar-refractivity contribution in [3.05, 3.63) is 0 Å². The van der Waals surface area contributed by atoms with Crippen LogP contribution in [0.25, 0.3) is 0 Å². The molecule has 4 atom stereocenters. The lowest BCUT2D eigenvalue weighted by molar-refractivity contribution is -0.391. The van der Waals surface area contributed by atoms with Gasteiger partial charge in [-0.05, 0) is 46.5 Å². The fourth-order valence-corrected chi connectivity index (χ4v) is 3.47. The number of alkyl halides is 9. The molecule has 4 unspecified atom stereocenters. The standard InChI is InChI=1S/C18H25F9O4.CH4/c1-5-13(2,3)12(28)31-11-7-9(14(4,29)16(19,20)21)6-10(8-11)15(30,17(22,23)24)18(25,26)27;/h9-11,29-30H,5-8H2,1-4H3;1H4. The molecule has 1 aliphatic carbocycles. The fraction of sp³-hybridized carbons (Fsp3) is 0.947. The molecule has 1 saturated carbocycles. The van der Waals surface area contributed by atoms with Crippen LogP contribution >= 0.6 is 0 Å². The smallest absolute Gasteiger partial charge is 0.426 e. The van der Waals surface area contributed by atoms with Crippen molar-refractivity contribution in [1.82, 2.24) is 0 Å². The van der Waals surface area contributed by atoms with E-state index in [1.165, 1.54) is 13.8 Å². The summed E-state index contributed by atoms with van der Waals surface area (Å²) in [6, 6.07) is 0. The lowest BCUT2D eigenvalue weighted by Crippen LogP contribution is -2.64. The van der Waals surface area contributed by atoms with Gasteiger partial charge in [-0.1, -0.05) is 14.4 Å². The van der Waals surface area contributed by atoms with Crippen molar-refractivity contribution >= 4 is 5.97 Å².